The van der Waals surface area contributed by atoms with Gasteiger partial charge in [-0.1, -0.05) is 234 Å². The highest BCUT2D eigenvalue weighted by Crippen LogP contribution is 2.15. The van der Waals surface area contributed by atoms with Gasteiger partial charge in [0.2, 0.25) is 0 Å². The average molecular weight is 905 g/mol. The van der Waals surface area contributed by atoms with Crippen molar-refractivity contribution >= 4 is 17.9 Å². The van der Waals surface area contributed by atoms with Crippen molar-refractivity contribution in [1.29, 1.82) is 0 Å². The largest absolute Gasteiger partial charge is 0.462 e. The zero-order valence-corrected chi connectivity index (χ0v) is 42.5. The molecule has 0 aliphatic carbocycles. The summed E-state index contributed by atoms with van der Waals surface area (Å²) in [5, 5.41) is 0. The van der Waals surface area contributed by atoms with Gasteiger partial charge in [0, 0.05) is 19.3 Å². The quantitative estimate of drug-likeness (QED) is 0.0262. The van der Waals surface area contributed by atoms with E-state index in [0.717, 1.165) is 89.9 Å². The molecule has 1 unspecified atom stereocenters. The maximum absolute atomic E-state index is 12.8. The molecule has 6 nitrogen and oxygen atoms in total. The minimum atomic E-state index is -0.809. The van der Waals surface area contributed by atoms with E-state index in [1.165, 1.54) is 116 Å². The van der Waals surface area contributed by atoms with Crippen LogP contribution in [0, 0.1) is 0 Å². The molecule has 0 fully saturated rings. The summed E-state index contributed by atoms with van der Waals surface area (Å²) in [6, 6.07) is 0. The first-order chi connectivity index (χ1) is 32.0. The number of hydrogen-bond donors (Lipinski definition) is 0. The van der Waals surface area contributed by atoms with Crippen LogP contribution in [0.2, 0.25) is 0 Å². The summed E-state index contributed by atoms with van der Waals surface area (Å²) in [4.78, 5) is 38.0. The number of ether oxygens (including phenoxy) is 3. The van der Waals surface area contributed by atoms with Gasteiger partial charge < -0.3 is 14.2 Å². The number of unbranched alkanes of at least 4 members (excludes halogenated alkanes) is 23. The minimum absolute atomic E-state index is 0.101. The Morgan fingerprint density at radius 2 is 0.631 bits per heavy atom. The van der Waals surface area contributed by atoms with E-state index in [2.05, 4.69) is 99.8 Å². The lowest BCUT2D eigenvalue weighted by molar-refractivity contribution is -0.166. The van der Waals surface area contributed by atoms with Gasteiger partial charge in [0.1, 0.15) is 13.2 Å². The fourth-order valence-corrected chi connectivity index (χ4v) is 7.35. The summed E-state index contributed by atoms with van der Waals surface area (Å²) in [5.41, 5.74) is 0. The molecule has 1 atom stereocenters. The number of carbonyl (C=O) groups is 3. The van der Waals surface area contributed by atoms with Crippen molar-refractivity contribution in [1.82, 2.24) is 0 Å². The third-order valence-corrected chi connectivity index (χ3v) is 11.4. The molecule has 0 aromatic carbocycles. The van der Waals surface area contributed by atoms with Crippen molar-refractivity contribution < 1.29 is 28.6 Å². The normalized spacial score (nSPS) is 12.7. The summed E-state index contributed by atoms with van der Waals surface area (Å²) < 4.78 is 16.7. The van der Waals surface area contributed by atoms with Crippen LogP contribution in [0.5, 0.6) is 0 Å². The molecular weight excluding hydrogens is 805 g/mol. The molecule has 0 saturated carbocycles. The van der Waals surface area contributed by atoms with Crippen molar-refractivity contribution in [2.24, 2.45) is 0 Å². The molecule has 0 bridgehead atoms. The van der Waals surface area contributed by atoms with E-state index < -0.39 is 6.10 Å². The van der Waals surface area contributed by atoms with Crippen molar-refractivity contribution in [3.05, 3.63) is 85.1 Å². The highest BCUT2D eigenvalue weighted by Gasteiger charge is 2.19. The molecular formula is C59H100O6. The number of hydrogen-bond acceptors (Lipinski definition) is 6. The molecule has 6 heteroatoms. The Morgan fingerprint density at radius 3 is 1.03 bits per heavy atom. The second-order valence-corrected chi connectivity index (χ2v) is 17.8. The van der Waals surface area contributed by atoms with E-state index in [4.69, 9.17) is 14.2 Å². The lowest BCUT2D eigenvalue weighted by Gasteiger charge is -2.18. The topological polar surface area (TPSA) is 78.9 Å². The van der Waals surface area contributed by atoms with Crippen LogP contribution < -0.4 is 0 Å². The lowest BCUT2D eigenvalue weighted by atomic mass is 10.0. The van der Waals surface area contributed by atoms with Crippen molar-refractivity contribution in [3.63, 3.8) is 0 Å². The van der Waals surface area contributed by atoms with Crippen LogP contribution in [-0.2, 0) is 28.6 Å². The van der Waals surface area contributed by atoms with Crippen LogP contribution in [0.3, 0.4) is 0 Å². The van der Waals surface area contributed by atoms with Gasteiger partial charge in [-0.2, -0.15) is 0 Å². The maximum Gasteiger partial charge on any atom is 0.306 e. The van der Waals surface area contributed by atoms with Crippen LogP contribution in [0.25, 0.3) is 0 Å². The first-order valence-electron chi connectivity index (χ1n) is 27.1. The molecule has 65 heavy (non-hydrogen) atoms. The van der Waals surface area contributed by atoms with Gasteiger partial charge in [-0.25, -0.2) is 0 Å². The summed E-state index contributed by atoms with van der Waals surface area (Å²) in [6.45, 7) is 6.45. The monoisotopic (exact) mass is 905 g/mol. The smallest absolute Gasteiger partial charge is 0.306 e. The fraction of sp³-hybridized carbons (Fsp3) is 0.712. The molecule has 0 aromatic rings. The van der Waals surface area contributed by atoms with Gasteiger partial charge >= 0.3 is 17.9 Å². The Hall–Kier alpha value is -3.41. The van der Waals surface area contributed by atoms with E-state index >= 15 is 0 Å². The van der Waals surface area contributed by atoms with Gasteiger partial charge in [-0.3, -0.25) is 14.4 Å². The maximum atomic E-state index is 12.8. The van der Waals surface area contributed by atoms with Crippen molar-refractivity contribution in [2.45, 2.75) is 258 Å². The molecule has 0 aliphatic heterocycles. The van der Waals surface area contributed by atoms with Gasteiger partial charge in [-0.05, 0) is 83.5 Å². The average Bonchev–Trinajstić information content (AvgIpc) is 3.30. The van der Waals surface area contributed by atoms with E-state index in [0.29, 0.717) is 19.3 Å². The Bertz CT molecular complexity index is 1270. The SMILES string of the molecule is CC/C=C\C/C=C\C/C=C\C/C=C\C/C=C\C/C=C\CCC(=O)OCC(COC(=O)CCCCCCCCCCCCCCCC)OC(=O)CCCCCCC/C=C\CCCCCCC. The molecule has 0 radical (unpaired) electrons. The van der Waals surface area contributed by atoms with E-state index in [1.807, 2.05) is 6.08 Å². The summed E-state index contributed by atoms with van der Waals surface area (Å²) in [6.07, 6.45) is 68.6. The van der Waals surface area contributed by atoms with Crippen molar-refractivity contribution in [3.8, 4) is 0 Å². The lowest BCUT2D eigenvalue weighted by Crippen LogP contribution is -2.30. The Labute approximate surface area is 401 Å². The third kappa shape index (κ3) is 51.4. The third-order valence-electron chi connectivity index (χ3n) is 11.4. The van der Waals surface area contributed by atoms with Gasteiger partial charge in [-0.15, -0.1) is 0 Å². The molecule has 0 amide bonds. The van der Waals surface area contributed by atoms with E-state index in [-0.39, 0.29) is 37.5 Å². The van der Waals surface area contributed by atoms with Gasteiger partial charge in [0.15, 0.2) is 6.10 Å². The highest BCUT2D eigenvalue weighted by atomic mass is 16.6. The highest BCUT2D eigenvalue weighted by molar-refractivity contribution is 5.71. The van der Waals surface area contributed by atoms with Gasteiger partial charge in [0.25, 0.3) is 0 Å². The van der Waals surface area contributed by atoms with Crippen LogP contribution in [0.4, 0.5) is 0 Å². The first kappa shape index (κ1) is 61.6. The number of rotatable bonds is 48. The molecule has 0 saturated heterocycles. The van der Waals surface area contributed by atoms with Crippen LogP contribution in [0.15, 0.2) is 85.1 Å². The zero-order valence-electron chi connectivity index (χ0n) is 42.5. The zero-order chi connectivity index (χ0) is 47.2. The molecule has 0 spiro atoms. The molecule has 0 aromatic heterocycles. The molecule has 0 aliphatic rings. The van der Waals surface area contributed by atoms with Crippen LogP contribution >= 0.6 is 0 Å². The predicted octanol–water partition coefficient (Wildman–Crippen LogP) is 18.0. The van der Waals surface area contributed by atoms with E-state index in [9.17, 15) is 14.4 Å². The predicted molar refractivity (Wildman–Crippen MR) is 279 cm³/mol. The Morgan fingerprint density at radius 1 is 0.323 bits per heavy atom. The molecule has 0 rings (SSSR count). The standard InChI is InChI=1S/C59H100O6/c1-4-7-10-13-16-19-22-25-28-29-30-31-32-35-37-40-43-46-49-52-58(61)64-55-56(65-59(62)53-50-47-44-41-38-34-27-24-21-18-15-12-9-6-3)54-63-57(60)51-48-45-42-39-36-33-26-23-20-17-14-11-8-5-2/h7,10,16,19,24-25,27-28,30-31,35,37,43,46,56H,4-6,8-9,11-15,17-18,20-23,26,29,32-34,36,38-42,44-45,47-55H2,1-3H3/b10-7-,19-16-,27-24-,28-25-,31-30-,37-35-,46-43-. The summed E-state index contributed by atoms with van der Waals surface area (Å²) >= 11 is 0. The van der Waals surface area contributed by atoms with Crippen LogP contribution in [-0.4, -0.2) is 37.2 Å². The number of esters is 3. The number of carbonyl (C=O) groups excluding carboxylic acids is 3. The fourth-order valence-electron chi connectivity index (χ4n) is 7.35. The summed E-state index contributed by atoms with van der Waals surface area (Å²) in [5.74, 6) is -0.995. The van der Waals surface area contributed by atoms with Gasteiger partial charge in [0.05, 0.1) is 0 Å². The second kappa shape index (κ2) is 53.2. The summed E-state index contributed by atoms with van der Waals surface area (Å²) in [7, 11) is 0. The molecule has 0 N–H and O–H groups in total. The van der Waals surface area contributed by atoms with Crippen LogP contribution in [0.1, 0.15) is 252 Å². The molecule has 372 valence electrons. The van der Waals surface area contributed by atoms with E-state index in [1.54, 1.807) is 0 Å². The Kier molecular flexibility index (Phi) is 50.4. The minimum Gasteiger partial charge on any atom is -0.462 e. The second-order valence-electron chi connectivity index (χ2n) is 17.8. The number of allylic oxidation sites excluding steroid dienone is 14. The molecule has 0 heterocycles. The van der Waals surface area contributed by atoms with Crippen molar-refractivity contribution in [2.75, 3.05) is 13.2 Å². The first-order valence-corrected chi connectivity index (χ1v) is 27.1. The Balaban J connectivity index is 4.50.